The van der Waals surface area contributed by atoms with Crippen LogP contribution >= 0.6 is 0 Å². The Labute approximate surface area is 101 Å². The maximum atomic E-state index is 4.18. The second kappa shape index (κ2) is 7.86. The predicted molar refractivity (Wildman–Crippen MR) is 71.8 cm³/mol. The fourth-order valence-corrected chi connectivity index (χ4v) is 2.57. The van der Waals surface area contributed by atoms with Crippen LogP contribution in [0.15, 0.2) is 12.2 Å². The van der Waals surface area contributed by atoms with Crippen LogP contribution in [0.25, 0.3) is 0 Å². The molecule has 0 aromatic carbocycles. The minimum Gasteiger partial charge on any atom is -0.313 e. The van der Waals surface area contributed by atoms with Gasteiger partial charge in [-0.05, 0) is 37.9 Å². The Bertz CT molecular complexity index is 199. The summed E-state index contributed by atoms with van der Waals surface area (Å²) in [5, 5.41) is 3.36. The fourth-order valence-electron chi connectivity index (χ4n) is 2.57. The van der Waals surface area contributed by atoms with Crippen molar-refractivity contribution in [1.82, 2.24) is 10.2 Å². The van der Waals surface area contributed by atoms with Gasteiger partial charge in [0.15, 0.2) is 0 Å². The van der Waals surface area contributed by atoms with Crippen molar-refractivity contribution in [2.75, 3.05) is 26.2 Å². The Morgan fingerprint density at radius 3 is 2.88 bits per heavy atom. The largest absolute Gasteiger partial charge is 0.313 e. The number of nitrogens with one attached hydrogen (secondary N) is 1. The van der Waals surface area contributed by atoms with Gasteiger partial charge < -0.3 is 5.32 Å². The van der Waals surface area contributed by atoms with E-state index >= 15 is 0 Å². The standard InChI is InChI=1S/C14H28N2/c1-4-8-14-9-6-7-10-16(14)12-13(3)11-15-5-2/h14-15H,3-12H2,1-2H3. The lowest BCUT2D eigenvalue weighted by Gasteiger charge is -2.36. The van der Waals surface area contributed by atoms with Gasteiger partial charge in [-0.25, -0.2) is 0 Å². The van der Waals surface area contributed by atoms with Crippen molar-refractivity contribution in [3.63, 3.8) is 0 Å². The zero-order chi connectivity index (χ0) is 11.8. The van der Waals surface area contributed by atoms with Crippen molar-refractivity contribution in [2.45, 2.75) is 52.0 Å². The van der Waals surface area contributed by atoms with Crippen molar-refractivity contribution >= 4 is 0 Å². The normalized spacial score (nSPS) is 22.2. The summed E-state index contributed by atoms with van der Waals surface area (Å²) < 4.78 is 0. The molecule has 1 fully saturated rings. The smallest absolute Gasteiger partial charge is 0.0205 e. The summed E-state index contributed by atoms with van der Waals surface area (Å²) in [7, 11) is 0. The maximum Gasteiger partial charge on any atom is 0.0205 e. The highest BCUT2D eigenvalue weighted by atomic mass is 15.2. The van der Waals surface area contributed by atoms with E-state index in [2.05, 4.69) is 30.6 Å². The lowest BCUT2D eigenvalue weighted by molar-refractivity contribution is 0.151. The molecule has 0 aliphatic carbocycles. The van der Waals surface area contributed by atoms with Crippen LogP contribution in [-0.4, -0.2) is 37.1 Å². The molecule has 0 aromatic heterocycles. The molecular weight excluding hydrogens is 196 g/mol. The van der Waals surface area contributed by atoms with E-state index in [1.165, 1.54) is 44.2 Å². The Hall–Kier alpha value is -0.340. The van der Waals surface area contributed by atoms with E-state index in [-0.39, 0.29) is 0 Å². The molecule has 1 heterocycles. The van der Waals surface area contributed by atoms with Crippen LogP contribution in [0.3, 0.4) is 0 Å². The summed E-state index contributed by atoms with van der Waals surface area (Å²) in [4.78, 5) is 2.65. The SMILES string of the molecule is C=C(CNCC)CN1CCCCC1CCC. The number of rotatable bonds is 7. The van der Waals surface area contributed by atoms with E-state index < -0.39 is 0 Å². The first-order valence-corrected chi connectivity index (χ1v) is 6.89. The maximum absolute atomic E-state index is 4.18. The number of nitrogens with zero attached hydrogens (tertiary/aromatic N) is 1. The van der Waals surface area contributed by atoms with Gasteiger partial charge in [-0.3, -0.25) is 4.90 Å². The van der Waals surface area contributed by atoms with Crippen LogP contribution in [-0.2, 0) is 0 Å². The summed E-state index contributed by atoms with van der Waals surface area (Å²) in [6.07, 6.45) is 6.84. The molecule has 1 atom stereocenters. The van der Waals surface area contributed by atoms with Crippen molar-refractivity contribution in [3.8, 4) is 0 Å². The summed E-state index contributed by atoms with van der Waals surface area (Å²) in [5.41, 5.74) is 1.34. The molecule has 0 radical (unpaired) electrons. The molecule has 1 N–H and O–H groups in total. The van der Waals surface area contributed by atoms with Crippen molar-refractivity contribution in [1.29, 1.82) is 0 Å². The third kappa shape index (κ3) is 4.67. The van der Waals surface area contributed by atoms with E-state index in [4.69, 9.17) is 0 Å². The monoisotopic (exact) mass is 224 g/mol. The van der Waals surface area contributed by atoms with Gasteiger partial charge in [0.1, 0.15) is 0 Å². The fraction of sp³-hybridized carbons (Fsp3) is 0.857. The lowest BCUT2D eigenvalue weighted by Crippen LogP contribution is -2.41. The summed E-state index contributed by atoms with van der Waals surface area (Å²) in [5.74, 6) is 0. The molecule has 2 nitrogen and oxygen atoms in total. The lowest BCUT2D eigenvalue weighted by atomic mass is 9.97. The van der Waals surface area contributed by atoms with Gasteiger partial charge in [0, 0.05) is 19.1 Å². The molecule has 94 valence electrons. The highest BCUT2D eigenvalue weighted by Gasteiger charge is 2.21. The van der Waals surface area contributed by atoms with Gasteiger partial charge >= 0.3 is 0 Å². The molecule has 1 saturated heterocycles. The first kappa shape index (κ1) is 13.7. The van der Waals surface area contributed by atoms with E-state index in [0.29, 0.717) is 0 Å². The predicted octanol–water partition coefficient (Wildman–Crippen LogP) is 2.81. The van der Waals surface area contributed by atoms with Crippen molar-refractivity contribution in [2.24, 2.45) is 0 Å². The van der Waals surface area contributed by atoms with Gasteiger partial charge in [-0.15, -0.1) is 0 Å². The number of likely N-dealkylation sites (tertiary alicyclic amines) is 1. The third-order valence-corrected chi connectivity index (χ3v) is 3.42. The molecule has 0 saturated carbocycles. The minimum absolute atomic E-state index is 0.817. The molecule has 16 heavy (non-hydrogen) atoms. The number of hydrogen-bond acceptors (Lipinski definition) is 2. The van der Waals surface area contributed by atoms with Crippen LogP contribution in [0.1, 0.15) is 46.0 Å². The zero-order valence-corrected chi connectivity index (χ0v) is 11.1. The Balaban J connectivity index is 2.33. The second-order valence-corrected chi connectivity index (χ2v) is 4.94. The van der Waals surface area contributed by atoms with Gasteiger partial charge in [-0.1, -0.05) is 33.3 Å². The van der Waals surface area contributed by atoms with E-state index in [1.54, 1.807) is 0 Å². The average Bonchev–Trinajstić information content (AvgIpc) is 2.29. The number of piperidine rings is 1. The van der Waals surface area contributed by atoms with Crippen LogP contribution in [0.2, 0.25) is 0 Å². The molecular formula is C14H28N2. The van der Waals surface area contributed by atoms with Crippen LogP contribution in [0.4, 0.5) is 0 Å². The van der Waals surface area contributed by atoms with E-state index in [0.717, 1.165) is 25.7 Å². The summed E-state index contributed by atoms with van der Waals surface area (Å²) in [6.45, 7) is 13.0. The highest BCUT2D eigenvalue weighted by molar-refractivity contribution is 5.01. The van der Waals surface area contributed by atoms with Crippen LogP contribution in [0.5, 0.6) is 0 Å². The first-order valence-electron chi connectivity index (χ1n) is 6.89. The van der Waals surface area contributed by atoms with Crippen LogP contribution in [0, 0.1) is 0 Å². The quantitative estimate of drug-likeness (QED) is 0.669. The minimum atomic E-state index is 0.817. The average molecular weight is 224 g/mol. The molecule has 1 rings (SSSR count). The topological polar surface area (TPSA) is 15.3 Å². The Morgan fingerprint density at radius 2 is 2.19 bits per heavy atom. The van der Waals surface area contributed by atoms with Gasteiger partial charge in [0.2, 0.25) is 0 Å². The van der Waals surface area contributed by atoms with Gasteiger partial charge in [0.05, 0.1) is 0 Å². The molecule has 2 heteroatoms. The summed E-state index contributed by atoms with van der Waals surface area (Å²) >= 11 is 0. The summed E-state index contributed by atoms with van der Waals surface area (Å²) in [6, 6.07) is 0.817. The molecule has 1 unspecified atom stereocenters. The van der Waals surface area contributed by atoms with Crippen molar-refractivity contribution < 1.29 is 0 Å². The second-order valence-electron chi connectivity index (χ2n) is 4.94. The zero-order valence-electron chi connectivity index (χ0n) is 11.1. The van der Waals surface area contributed by atoms with E-state index in [9.17, 15) is 0 Å². The van der Waals surface area contributed by atoms with Gasteiger partial charge in [-0.2, -0.15) is 0 Å². The van der Waals surface area contributed by atoms with Crippen LogP contribution < -0.4 is 5.32 Å². The molecule has 0 aromatic rings. The molecule has 0 amide bonds. The third-order valence-electron chi connectivity index (χ3n) is 3.42. The number of likely N-dealkylation sites (N-methyl/N-ethyl adjacent to an activating group) is 1. The Kier molecular flexibility index (Phi) is 6.74. The van der Waals surface area contributed by atoms with Crippen molar-refractivity contribution in [3.05, 3.63) is 12.2 Å². The molecule has 1 aliphatic heterocycles. The number of hydrogen-bond donors (Lipinski definition) is 1. The Morgan fingerprint density at radius 1 is 1.38 bits per heavy atom. The highest BCUT2D eigenvalue weighted by Crippen LogP contribution is 2.21. The first-order chi connectivity index (χ1) is 7.77. The molecule has 0 spiro atoms. The van der Waals surface area contributed by atoms with E-state index in [1.807, 2.05) is 0 Å². The molecule has 0 bridgehead atoms. The molecule has 1 aliphatic rings. The van der Waals surface area contributed by atoms with Gasteiger partial charge in [0.25, 0.3) is 0 Å².